The number of amides is 1. The average Bonchev–Trinajstić information content (AvgIpc) is 3.00. The molecule has 2 aromatic carbocycles. The molecule has 2 aromatic rings. The van der Waals surface area contributed by atoms with Crippen LogP contribution in [0.3, 0.4) is 0 Å². The lowest BCUT2D eigenvalue weighted by Gasteiger charge is -2.20. The number of carbonyl (C=O) groups excluding carboxylic acids is 1. The number of hydrogen-bond acceptors (Lipinski definition) is 4. The number of nitrogens with zero attached hydrogens (tertiary/aromatic N) is 1. The number of aryl methyl sites for hydroxylation is 1. The summed E-state index contributed by atoms with van der Waals surface area (Å²) in [6.45, 7) is 6.85. The van der Waals surface area contributed by atoms with E-state index >= 15 is 0 Å². The highest BCUT2D eigenvalue weighted by atomic mass is 32.2. The third-order valence-corrected chi connectivity index (χ3v) is 7.48. The molecule has 1 aliphatic heterocycles. The highest BCUT2D eigenvalue weighted by Crippen LogP contribution is 2.31. The Bertz CT molecular complexity index is 1010. The maximum atomic E-state index is 12.9. The van der Waals surface area contributed by atoms with Crippen molar-refractivity contribution in [3.8, 4) is 5.75 Å². The number of sulfonamides is 1. The van der Waals surface area contributed by atoms with E-state index in [0.29, 0.717) is 24.3 Å². The van der Waals surface area contributed by atoms with Crippen LogP contribution in [0, 0.1) is 6.92 Å². The molecular weight excluding hydrogens is 400 g/mol. The summed E-state index contributed by atoms with van der Waals surface area (Å²) in [5.41, 5.74) is 2.52. The first-order valence-corrected chi connectivity index (χ1v) is 11.9. The Morgan fingerprint density at radius 3 is 2.20 bits per heavy atom. The van der Waals surface area contributed by atoms with Crippen LogP contribution < -0.4 is 5.32 Å². The molecule has 0 unspecified atom stereocenters. The van der Waals surface area contributed by atoms with Crippen molar-refractivity contribution in [2.24, 2.45) is 0 Å². The Morgan fingerprint density at radius 2 is 1.63 bits per heavy atom. The molecule has 2 N–H and O–H groups in total. The molecule has 1 aliphatic rings. The third-order valence-electron chi connectivity index (χ3n) is 5.56. The molecule has 162 valence electrons. The van der Waals surface area contributed by atoms with Gasteiger partial charge in [-0.15, -0.1) is 0 Å². The minimum Gasteiger partial charge on any atom is -0.508 e. The first-order chi connectivity index (χ1) is 14.2. The van der Waals surface area contributed by atoms with E-state index in [4.69, 9.17) is 0 Å². The summed E-state index contributed by atoms with van der Waals surface area (Å²) in [6.07, 6.45) is 3.87. The van der Waals surface area contributed by atoms with Gasteiger partial charge in [0, 0.05) is 24.3 Å². The number of carbonyl (C=O) groups is 1. The predicted molar refractivity (Wildman–Crippen MR) is 119 cm³/mol. The molecule has 0 spiro atoms. The lowest BCUT2D eigenvalue weighted by molar-refractivity contribution is 0.102. The molecule has 1 heterocycles. The van der Waals surface area contributed by atoms with Crippen molar-refractivity contribution in [2.75, 3.05) is 18.4 Å². The molecule has 0 bridgehead atoms. The van der Waals surface area contributed by atoms with Crippen LogP contribution >= 0.6 is 0 Å². The minimum absolute atomic E-state index is 0.115. The molecule has 30 heavy (non-hydrogen) atoms. The van der Waals surface area contributed by atoms with Gasteiger partial charge in [0.1, 0.15) is 5.75 Å². The SMILES string of the molecule is Cc1cc(O)c(C(C)C)cc1NC(=O)c1ccc(S(=O)(=O)N2CCCCCC2)cc1. The zero-order valence-corrected chi connectivity index (χ0v) is 18.6. The number of anilines is 1. The summed E-state index contributed by atoms with van der Waals surface area (Å²) in [5.74, 6) is 0.00511. The van der Waals surface area contributed by atoms with E-state index in [1.165, 1.54) is 12.1 Å². The highest BCUT2D eigenvalue weighted by molar-refractivity contribution is 7.89. The summed E-state index contributed by atoms with van der Waals surface area (Å²) in [4.78, 5) is 12.9. The van der Waals surface area contributed by atoms with Crippen LogP contribution in [0.1, 0.15) is 66.9 Å². The maximum Gasteiger partial charge on any atom is 0.255 e. The lowest BCUT2D eigenvalue weighted by atomic mass is 9.99. The molecule has 0 atom stereocenters. The van der Waals surface area contributed by atoms with Crippen LogP contribution in [0.4, 0.5) is 5.69 Å². The fourth-order valence-corrected chi connectivity index (χ4v) is 5.23. The van der Waals surface area contributed by atoms with Gasteiger partial charge < -0.3 is 10.4 Å². The summed E-state index contributed by atoms with van der Waals surface area (Å²) < 4.78 is 27.3. The molecule has 3 rings (SSSR count). The van der Waals surface area contributed by atoms with Crippen LogP contribution in [0.25, 0.3) is 0 Å². The van der Waals surface area contributed by atoms with Crippen LogP contribution in [0.5, 0.6) is 5.75 Å². The van der Waals surface area contributed by atoms with E-state index in [0.717, 1.165) is 36.8 Å². The molecule has 0 aromatic heterocycles. The second kappa shape index (κ2) is 9.18. The van der Waals surface area contributed by atoms with E-state index in [1.54, 1.807) is 28.6 Å². The normalized spacial score (nSPS) is 15.7. The van der Waals surface area contributed by atoms with Gasteiger partial charge in [-0.05, 0) is 73.2 Å². The number of phenolic OH excluding ortho intramolecular Hbond substituents is 1. The minimum atomic E-state index is -3.54. The Balaban J connectivity index is 1.78. The monoisotopic (exact) mass is 430 g/mol. The van der Waals surface area contributed by atoms with Gasteiger partial charge in [-0.25, -0.2) is 8.42 Å². The Morgan fingerprint density at radius 1 is 1.03 bits per heavy atom. The van der Waals surface area contributed by atoms with Gasteiger partial charge in [0.15, 0.2) is 0 Å². The fourth-order valence-electron chi connectivity index (χ4n) is 3.71. The van der Waals surface area contributed by atoms with Crippen LogP contribution in [0.2, 0.25) is 0 Å². The van der Waals surface area contributed by atoms with Gasteiger partial charge in [-0.2, -0.15) is 4.31 Å². The molecule has 0 radical (unpaired) electrons. The zero-order chi connectivity index (χ0) is 21.9. The number of phenols is 1. The van der Waals surface area contributed by atoms with Crippen molar-refractivity contribution in [3.05, 3.63) is 53.1 Å². The van der Waals surface area contributed by atoms with E-state index in [1.807, 2.05) is 20.8 Å². The van der Waals surface area contributed by atoms with Gasteiger partial charge >= 0.3 is 0 Å². The predicted octanol–water partition coefficient (Wildman–Crippen LogP) is 4.64. The van der Waals surface area contributed by atoms with Crippen molar-refractivity contribution in [1.29, 1.82) is 0 Å². The summed E-state index contributed by atoms with van der Waals surface area (Å²) in [7, 11) is -3.54. The molecule has 0 saturated carbocycles. The second-order valence-corrected chi connectivity index (χ2v) is 10.1. The quantitative estimate of drug-likeness (QED) is 0.677. The molecule has 1 saturated heterocycles. The Kier molecular flexibility index (Phi) is 6.83. The van der Waals surface area contributed by atoms with Crippen molar-refractivity contribution >= 4 is 21.6 Å². The van der Waals surface area contributed by atoms with Crippen molar-refractivity contribution in [2.45, 2.75) is 57.3 Å². The second-order valence-electron chi connectivity index (χ2n) is 8.18. The van der Waals surface area contributed by atoms with Crippen molar-refractivity contribution in [3.63, 3.8) is 0 Å². The standard InChI is InChI=1S/C23H30N2O4S/c1-16(2)20-15-21(17(3)14-22(20)26)24-23(27)18-8-10-19(11-9-18)30(28,29)25-12-6-4-5-7-13-25/h8-11,14-16,26H,4-7,12-13H2,1-3H3,(H,24,27). The number of aromatic hydroxyl groups is 1. The zero-order valence-electron chi connectivity index (χ0n) is 17.8. The molecular formula is C23H30N2O4S. The van der Waals surface area contributed by atoms with Gasteiger partial charge in [0.05, 0.1) is 4.90 Å². The summed E-state index contributed by atoms with van der Waals surface area (Å²) in [5, 5.41) is 13.0. The largest absolute Gasteiger partial charge is 0.508 e. The summed E-state index contributed by atoms with van der Waals surface area (Å²) >= 11 is 0. The molecule has 1 fully saturated rings. The van der Waals surface area contributed by atoms with Crippen LogP contribution in [-0.2, 0) is 10.0 Å². The lowest BCUT2D eigenvalue weighted by Crippen LogP contribution is -2.31. The fraction of sp³-hybridized carbons (Fsp3) is 0.435. The van der Waals surface area contributed by atoms with Crippen LogP contribution in [-0.4, -0.2) is 36.8 Å². The van der Waals surface area contributed by atoms with E-state index in [2.05, 4.69) is 5.32 Å². The number of rotatable bonds is 5. The first kappa shape index (κ1) is 22.3. The van der Waals surface area contributed by atoms with E-state index < -0.39 is 10.0 Å². The molecule has 6 nitrogen and oxygen atoms in total. The van der Waals surface area contributed by atoms with Crippen molar-refractivity contribution in [1.82, 2.24) is 4.31 Å². The first-order valence-electron chi connectivity index (χ1n) is 10.4. The molecule has 7 heteroatoms. The maximum absolute atomic E-state index is 12.9. The highest BCUT2D eigenvalue weighted by Gasteiger charge is 2.25. The van der Waals surface area contributed by atoms with Crippen molar-refractivity contribution < 1.29 is 18.3 Å². The number of nitrogens with one attached hydrogen (secondary N) is 1. The van der Waals surface area contributed by atoms with E-state index in [-0.39, 0.29) is 22.5 Å². The summed E-state index contributed by atoms with van der Waals surface area (Å²) in [6, 6.07) is 9.50. The van der Waals surface area contributed by atoms with E-state index in [9.17, 15) is 18.3 Å². The van der Waals surface area contributed by atoms with Gasteiger partial charge in [-0.1, -0.05) is 26.7 Å². The topological polar surface area (TPSA) is 86.7 Å². The third kappa shape index (κ3) is 4.84. The molecule has 0 aliphatic carbocycles. The smallest absolute Gasteiger partial charge is 0.255 e. The Hall–Kier alpha value is -2.38. The molecule has 1 amide bonds. The van der Waals surface area contributed by atoms with Gasteiger partial charge in [0.25, 0.3) is 5.91 Å². The van der Waals surface area contributed by atoms with Gasteiger partial charge in [-0.3, -0.25) is 4.79 Å². The Labute approximate surface area is 179 Å². The van der Waals surface area contributed by atoms with Gasteiger partial charge in [0.2, 0.25) is 10.0 Å². The van der Waals surface area contributed by atoms with Crippen LogP contribution in [0.15, 0.2) is 41.3 Å². The number of hydrogen-bond donors (Lipinski definition) is 2. The number of benzene rings is 2. The average molecular weight is 431 g/mol.